The van der Waals surface area contributed by atoms with Crippen LogP contribution in [0.15, 0.2) is 0 Å². The Kier molecular flexibility index (Phi) is 7.32. The minimum absolute atomic E-state index is 0.00952. The second-order valence-electron chi connectivity index (χ2n) is 6.78. The number of likely N-dealkylation sites (tertiary alicyclic amines) is 1. The fourth-order valence-corrected chi connectivity index (χ4v) is 2.39. The van der Waals surface area contributed by atoms with Crippen LogP contribution in [0.25, 0.3) is 0 Å². The first-order valence-corrected chi connectivity index (χ1v) is 8.24. The molecular weight excluding hydrogens is 298 g/mol. The molecule has 7 nitrogen and oxygen atoms in total. The van der Waals surface area contributed by atoms with Crippen LogP contribution in [0.3, 0.4) is 0 Å². The molecule has 1 saturated heterocycles. The zero-order valence-electron chi connectivity index (χ0n) is 14.6. The fourth-order valence-electron chi connectivity index (χ4n) is 2.39. The summed E-state index contributed by atoms with van der Waals surface area (Å²) >= 11 is 0. The predicted molar refractivity (Wildman–Crippen MR) is 86.8 cm³/mol. The van der Waals surface area contributed by atoms with E-state index in [2.05, 4.69) is 10.6 Å². The molecule has 1 aliphatic rings. The van der Waals surface area contributed by atoms with Crippen molar-refractivity contribution in [3.63, 3.8) is 0 Å². The molecule has 1 aliphatic heterocycles. The SMILES string of the molecule is CCCCOC(=O)NCCNC(=O)C1CC(=O)N(C(C)(C)C)C1. The number of hydrogen-bond acceptors (Lipinski definition) is 4. The summed E-state index contributed by atoms with van der Waals surface area (Å²) in [4.78, 5) is 37.1. The van der Waals surface area contributed by atoms with Gasteiger partial charge in [-0.2, -0.15) is 0 Å². The van der Waals surface area contributed by atoms with Gasteiger partial charge >= 0.3 is 6.09 Å². The van der Waals surface area contributed by atoms with Crippen LogP contribution in [-0.2, 0) is 14.3 Å². The number of nitrogens with one attached hydrogen (secondary N) is 2. The fraction of sp³-hybridized carbons (Fsp3) is 0.812. The van der Waals surface area contributed by atoms with Crippen molar-refractivity contribution in [3.8, 4) is 0 Å². The summed E-state index contributed by atoms with van der Waals surface area (Å²) in [7, 11) is 0. The first-order chi connectivity index (χ1) is 10.8. The van der Waals surface area contributed by atoms with Crippen molar-refractivity contribution in [2.45, 2.75) is 52.5 Å². The maximum Gasteiger partial charge on any atom is 0.407 e. The Morgan fingerprint density at radius 2 is 1.91 bits per heavy atom. The average Bonchev–Trinajstić information content (AvgIpc) is 2.86. The van der Waals surface area contributed by atoms with Crippen LogP contribution in [0.1, 0.15) is 47.0 Å². The summed E-state index contributed by atoms with van der Waals surface area (Å²) in [5.74, 6) is -0.459. The third-order valence-corrected chi connectivity index (χ3v) is 3.73. The van der Waals surface area contributed by atoms with Crippen molar-refractivity contribution in [2.24, 2.45) is 5.92 Å². The molecule has 3 amide bonds. The Balaban J connectivity index is 2.23. The zero-order valence-corrected chi connectivity index (χ0v) is 14.6. The van der Waals surface area contributed by atoms with E-state index in [0.29, 0.717) is 26.2 Å². The van der Waals surface area contributed by atoms with E-state index in [9.17, 15) is 14.4 Å². The number of carbonyl (C=O) groups excluding carboxylic acids is 3. The van der Waals surface area contributed by atoms with E-state index >= 15 is 0 Å². The van der Waals surface area contributed by atoms with Gasteiger partial charge in [0.1, 0.15) is 0 Å². The van der Waals surface area contributed by atoms with E-state index in [1.54, 1.807) is 4.90 Å². The number of hydrogen-bond donors (Lipinski definition) is 2. The van der Waals surface area contributed by atoms with Crippen LogP contribution in [-0.4, -0.2) is 54.6 Å². The molecule has 1 rings (SSSR count). The lowest BCUT2D eigenvalue weighted by atomic mass is 10.1. The molecule has 0 saturated carbocycles. The lowest BCUT2D eigenvalue weighted by molar-refractivity contribution is -0.132. The number of amides is 3. The summed E-state index contributed by atoms with van der Waals surface area (Å²) in [6.45, 7) is 9.37. The highest BCUT2D eigenvalue weighted by Gasteiger charge is 2.39. The Hall–Kier alpha value is -1.79. The predicted octanol–water partition coefficient (Wildman–Crippen LogP) is 1.28. The van der Waals surface area contributed by atoms with E-state index in [1.165, 1.54) is 0 Å². The molecule has 0 bridgehead atoms. The second-order valence-corrected chi connectivity index (χ2v) is 6.78. The monoisotopic (exact) mass is 327 g/mol. The molecule has 0 aromatic rings. The highest BCUT2D eigenvalue weighted by Crippen LogP contribution is 2.25. The Bertz CT molecular complexity index is 432. The molecule has 0 aliphatic carbocycles. The Morgan fingerprint density at radius 3 is 2.48 bits per heavy atom. The van der Waals surface area contributed by atoms with Gasteiger partial charge in [-0.3, -0.25) is 9.59 Å². The molecule has 23 heavy (non-hydrogen) atoms. The van der Waals surface area contributed by atoms with Gasteiger partial charge < -0.3 is 20.3 Å². The van der Waals surface area contributed by atoms with Crippen LogP contribution < -0.4 is 10.6 Å². The molecule has 132 valence electrons. The minimum Gasteiger partial charge on any atom is -0.450 e. The van der Waals surface area contributed by atoms with Gasteiger partial charge in [0.25, 0.3) is 0 Å². The van der Waals surface area contributed by atoms with Crippen LogP contribution in [0.2, 0.25) is 0 Å². The summed E-state index contributed by atoms with van der Waals surface area (Å²) in [6.07, 6.45) is 1.58. The molecule has 7 heteroatoms. The van der Waals surface area contributed by atoms with Gasteiger partial charge in [0.05, 0.1) is 12.5 Å². The number of alkyl carbamates (subject to hydrolysis) is 1. The van der Waals surface area contributed by atoms with Crippen LogP contribution >= 0.6 is 0 Å². The summed E-state index contributed by atoms with van der Waals surface area (Å²) in [5, 5.41) is 5.33. The maximum atomic E-state index is 12.1. The standard InChI is InChI=1S/C16H29N3O4/c1-5-6-9-23-15(22)18-8-7-17-14(21)12-10-13(20)19(11-12)16(2,3)4/h12H,5-11H2,1-4H3,(H,17,21)(H,18,22). The smallest absolute Gasteiger partial charge is 0.407 e. The minimum atomic E-state index is -0.470. The van der Waals surface area contributed by atoms with Gasteiger partial charge in [-0.15, -0.1) is 0 Å². The van der Waals surface area contributed by atoms with Crippen molar-refractivity contribution in [1.29, 1.82) is 0 Å². The lowest BCUT2D eigenvalue weighted by Crippen LogP contribution is -2.43. The molecule has 0 radical (unpaired) electrons. The molecule has 0 aromatic carbocycles. The number of carbonyl (C=O) groups is 3. The lowest BCUT2D eigenvalue weighted by Gasteiger charge is -2.31. The van der Waals surface area contributed by atoms with E-state index in [1.807, 2.05) is 27.7 Å². The molecule has 1 heterocycles. The van der Waals surface area contributed by atoms with Crippen LogP contribution in [0.4, 0.5) is 4.79 Å². The summed E-state index contributed by atoms with van der Waals surface area (Å²) in [5.41, 5.74) is -0.268. The second kappa shape index (κ2) is 8.74. The molecule has 1 atom stereocenters. The van der Waals surface area contributed by atoms with Gasteiger partial charge in [-0.05, 0) is 27.2 Å². The third-order valence-electron chi connectivity index (χ3n) is 3.73. The van der Waals surface area contributed by atoms with Crippen LogP contribution in [0, 0.1) is 5.92 Å². The van der Waals surface area contributed by atoms with E-state index in [-0.39, 0.29) is 29.7 Å². The Morgan fingerprint density at radius 1 is 1.26 bits per heavy atom. The zero-order chi connectivity index (χ0) is 17.5. The van der Waals surface area contributed by atoms with Crippen molar-refractivity contribution >= 4 is 17.9 Å². The van der Waals surface area contributed by atoms with Gasteiger partial charge in [-0.1, -0.05) is 13.3 Å². The number of ether oxygens (including phenoxy) is 1. The van der Waals surface area contributed by atoms with Crippen molar-refractivity contribution in [1.82, 2.24) is 15.5 Å². The summed E-state index contributed by atoms with van der Waals surface area (Å²) in [6, 6.07) is 0. The highest BCUT2D eigenvalue weighted by atomic mass is 16.5. The number of unbranched alkanes of at least 4 members (excludes halogenated alkanes) is 1. The average molecular weight is 327 g/mol. The number of rotatable bonds is 7. The first kappa shape index (κ1) is 19.3. The molecule has 1 fully saturated rings. The Labute approximate surface area is 138 Å². The molecular formula is C16H29N3O4. The molecule has 0 spiro atoms. The largest absolute Gasteiger partial charge is 0.450 e. The quantitative estimate of drug-likeness (QED) is 0.690. The normalized spacial score (nSPS) is 18.0. The summed E-state index contributed by atoms with van der Waals surface area (Å²) < 4.78 is 4.94. The van der Waals surface area contributed by atoms with E-state index < -0.39 is 6.09 Å². The van der Waals surface area contributed by atoms with Gasteiger partial charge in [0, 0.05) is 31.6 Å². The van der Waals surface area contributed by atoms with E-state index in [0.717, 1.165) is 12.8 Å². The van der Waals surface area contributed by atoms with Gasteiger partial charge in [0.15, 0.2) is 0 Å². The van der Waals surface area contributed by atoms with Gasteiger partial charge in [-0.25, -0.2) is 4.79 Å². The maximum absolute atomic E-state index is 12.1. The topological polar surface area (TPSA) is 87.7 Å². The molecule has 1 unspecified atom stereocenters. The van der Waals surface area contributed by atoms with Crippen molar-refractivity contribution < 1.29 is 19.1 Å². The van der Waals surface area contributed by atoms with Gasteiger partial charge in [0.2, 0.25) is 11.8 Å². The highest BCUT2D eigenvalue weighted by molar-refractivity contribution is 5.89. The molecule has 0 aromatic heterocycles. The molecule has 2 N–H and O–H groups in total. The van der Waals surface area contributed by atoms with Crippen molar-refractivity contribution in [3.05, 3.63) is 0 Å². The third kappa shape index (κ3) is 6.46. The van der Waals surface area contributed by atoms with Crippen molar-refractivity contribution in [2.75, 3.05) is 26.2 Å². The van der Waals surface area contributed by atoms with Crippen LogP contribution in [0.5, 0.6) is 0 Å². The number of nitrogens with zero attached hydrogens (tertiary/aromatic N) is 1. The van der Waals surface area contributed by atoms with E-state index in [4.69, 9.17) is 4.74 Å². The first-order valence-electron chi connectivity index (χ1n) is 8.24.